The van der Waals surface area contributed by atoms with Crippen molar-refractivity contribution in [2.75, 3.05) is 11.4 Å². The van der Waals surface area contributed by atoms with Gasteiger partial charge in [0.1, 0.15) is 0 Å². The van der Waals surface area contributed by atoms with Gasteiger partial charge in [-0.25, -0.2) is 0 Å². The van der Waals surface area contributed by atoms with Crippen LogP contribution in [0.15, 0.2) is 18.2 Å². The summed E-state index contributed by atoms with van der Waals surface area (Å²) in [6.07, 6.45) is 2.42. The van der Waals surface area contributed by atoms with Crippen molar-refractivity contribution >= 4 is 17.5 Å². The molecule has 1 aromatic carbocycles. The number of amides is 2. The molecule has 2 N–H and O–H groups in total. The monoisotopic (exact) mass is 270 g/mol. The number of aryl methyl sites for hydroxylation is 1. The number of benzene rings is 1. The normalized spacial score (nSPS) is 15.6. The highest BCUT2D eigenvalue weighted by molar-refractivity contribution is 6.15. The molecule has 1 heterocycles. The van der Waals surface area contributed by atoms with Crippen molar-refractivity contribution < 1.29 is 9.59 Å². The number of hydrogen-bond donors (Lipinski definition) is 1. The van der Waals surface area contributed by atoms with E-state index < -0.39 is 0 Å². The molecule has 4 heteroatoms. The molecule has 0 saturated carbocycles. The molecule has 1 aliphatic rings. The third-order valence-corrected chi connectivity index (χ3v) is 3.32. The summed E-state index contributed by atoms with van der Waals surface area (Å²) in [6, 6.07) is 5.44. The van der Waals surface area contributed by atoms with E-state index in [1.807, 2.05) is 19.1 Å². The Hall–Kier alpha value is -2.12. The minimum atomic E-state index is -0.118. The van der Waals surface area contributed by atoms with Gasteiger partial charge in [-0.2, -0.15) is 0 Å². The first-order valence-corrected chi connectivity index (χ1v) is 6.79. The first kappa shape index (κ1) is 14.3. The maximum atomic E-state index is 12.1. The molecule has 0 atom stereocenters. The molecule has 1 fully saturated rings. The van der Waals surface area contributed by atoms with Crippen LogP contribution in [0.4, 0.5) is 5.69 Å². The van der Waals surface area contributed by atoms with Gasteiger partial charge in [0, 0.05) is 18.4 Å². The van der Waals surface area contributed by atoms with E-state index in [1.54, 1.807) is 6.07 Å². The quantitative estimate of drug-likeness (QED) is 0.624. The zero-order valence-corrected chi connectivity index (χ0v) is 11.6. The fourth-order valence-corrected chi connectivity index (χ4v) is 2.28. The van der Waals surface area contributed by atoms with Crippen molar-refractivity contribution in [3.63, 3.8) is 0 Å². The molecule has 2 rings (SSSR count). The second-order valence-electron chi connectivity index (χ2n) is 4.84. The molecule has 104 valence electrons. The standard InChI is InChI=1S/C16H18N2O2/c1-12-11-14(9-8-13(12)5-4-10-17)18-15(19)6-2-3-7-16(18)20/h8-9,11H,2-3,6-7,10,17H2,1H3. The summed E-state index contributed by atoms with van der Waals surface area (Å²) in [6.45, 7) is 2.22. The Morgan fingerprint density at radius 3 is 2.40 bits per heavy atom. The third-order valence-electron chi connectivity index (χ3n) is 3.32. The molecule has 0 bridgehead atoms. The van der Waals surface area contributed by atoms with E-state index in [2.05, 4.69) is 11.8 Å². The van der Waals surface area contributed by atoms with E-state index >= 15 is 0 Å². The Bertz CT molecular complexity index is 578. The highest BCUT2D eigenvalue weighted by Crippen LogP contribution is 2.23. The fraction of sp³-hybridized carbons (Fsp3) is 0.375. The first-order valence-electron chi connectivity index (χ1n) is 6.79. The van der Waals surface area contributed by atoms with Crippen LogP contribution in [-0.4, -0.2) is 18.4 Å². The maximum absolute atomic E-state index is 12.1. The van der Waals surface area contributed by atoms with E-state index in [-0.39, 0.29) is 11.8 Å². The number of nitrogens with zero attached hydrogens (tertiary/aromatic N) is 1. The highest BCUT2D eigenvalue weighted by Gasteiger charge is 2.25. The van der Waals surface area contributed by atoms with Crippen LogP contribution in [0.2, 0.25) is 0 Å². The summed E-state index contributed by atoms with van der Waals surface area (Å²) in [5.74, 6) is 5.54. The minimum Gasteiger partial charge on any atom is -0.320 e. The van der Waals surface area contributed by atoms with Gasteiger partial charge >= 0.3 is 0 Å². The molecule has 0 unspecified atom stereocenters. The zero-order valence-electron chi connectivity index (χ0n) is 11.6. The van der Waals surface area contributed by atoms with Gasteiger partial charge in [-0.1, -0.05) is 11.8 Å². The van der Waals surface area contributed by atoms with Crippen LogP contribution in [0.3, 0.4) is 0 Å². The van der Waals surface area contributed by atoms with Crippen LogP contribution in [0, 0.1) is 18.8 Å². The Morgan fingerprint density at radius 2 is 1.85 bits per heavy atom. The van der Waals surface area contributed by atoms with E-state index in [9.17, 15) is 9.59 Å². The van der Waals surface area contributed by atoms with E-state index in [4.69, 9.17) is 5.73 Å². The van der Waals surface area contributed by atoms with Gasteiger partial charge < -0.3 is 5.73 Å². The van der Waals surface area contributed by atoms with Crippen LogP contribution in [0.5, 0.6) is 0 Å². The van der Waals surface area contributed by atoms with Crippen molar-refractivity contribution in [1.29, 1.82) is 0 Å². The highest BCUT2D eigenvalue weighted by atomic mass is 16.2. The second-order valence-corrected chi connectivity index (χ2v) is 4.84. The first-order chi connectivity index (χ1) is 9.63. The maximum Gasteiger partial charge on any atom is 0.233 e. The Balaban J connectivity index is 2.34. The predicted molar refractivity (Wildman–Crippen MR) is 78.1 cm³/mol. The molecule has 1 aliphatic heterocycles. The zero-order chi connectivity index (χ0) is 14.5. The van der Waals surface area contributed by atoms with Crippen LogP contribution in [0.1, 0.15) is 36.8 Å². The topological polar surface area (TPSA) is 63.4 Å². The van der Waals surface area contributed by atoms with Crippen molar-refractivity contribution in [3.05, 3.63) is 29.3 Å². The predicted octanol–water partition coefficient (Wildman–Crippen LogP) is 1.74. The van der Waals surface area contributed by atoms with Crippen LogP contribution < -0.4 is 10.6 Å². The molecular formula is C16H18N2O2. The average molecular weight is 270 g/mol. The summed E-state index contributed by atoms with van der Waals surface area (Å²) in [4.78, 5) is 25.4. The lowest BCUT2D eigenvalue weighted by Crippen LogP contribution is -2.35. The summed E-state index contributed by atoms with van der Waals surface area (Å²) in [5, 5.41) is 0. The lowest BCUT2D eigenvalue weighted by Gasteiger charge is -2.19. The Morgan fingerprint density at radius 1 is 1.20 bits per heavy atom. The Kier molecular flexibility index (Phi) is 4.54. The number of carbonyl (C=O) groups is 2. The number of rotatable bonds is 1. The molecule has 20 heavy (non-hydrogen) atoms. The van der Waals surface area contributed by atoms with Gasteiger partial charge in [-0.05, 0) is 43.5 Å². The molecule has 0 aromatic heterocycles. The molecule has 0 spiro atoms. The van der Waals surface area contributed by atoms with Gasteiger partial charge in [0.25, 0.3) is 0 Å². The van der Waals surface area contributed by atoms with Gasteiger partial charge in [0.05, 0.1) is 12.2 Å². The number of hydrogen-bond acceptors (Lipinski definition) is 3. The molecular weight excluding hydrogens is 252 g/mol. The molecule has 4 nitrogen and oxygen atoms in total. The summed E-state index contributed by atoms with van der Waals surface area (Å²) in [5.41, 5.74) is 7.80. The van der Waals surface area contributed by atoms with Gasteiger partial charge in [0.2, 0.25) is 11.8 Å². The second kappa shape index (κ2) is 6.36. The summed E-state index contributed by atoms with van der Waals surface area (Å²) in [7, 11) is 0. The minimum absolute atomic E-state index is 0.118. The molecule has 0 radical (unpaired) electrons. The van der Waals surface area contributed by atoms with Crippen molar-refractivity contribution in [2.24, 2.45) is 5.73 Å². The van der Waals surface area contributed by atoms with Crippen molar-refractivity contribution in [1.82, 2.24) is 0 Å². The molecule has 1 saturated heterocycles. The molecule has 1 aromatic rings. The summed E-state index contributed by atoms with van der Waals surface area (Å²) < 4.78 is 0. The van der Waals surface area contributed by atoms with Crippen LogP contribution in [0.25, 0.3) is 0 Å². The van der Waals surface area contributed by atoms with E-state index in [0.717, 1.165) is 24.0 Å². The molecule has 2 amide bonds. The Labute approximate surface area is 118 Å². The van der Waals surface area contributed by atoms with Crippen molar-refractivity contribution in [3.8, 4) is 11.8 Å². The number of anilines is 1. The van der Waals surface area contributed by atoms with E-state index in [1.165, 1.54) is 4.90 Å². The van der Waals surface area contributed by atoms with Crippen molar-refractivity contribution in [2.45, 2.75) is 32.6 Å². The number of imide groups is 1. The van der Waals surface area contributed by atoms with Gasteiger partial charge in [-0.3, -0.25) is 14.5 Å². The average Bonchev–Trinajstić information content (AvgIpc) is 2.58. The lowest BCUT2D eigenvalue weighted by atomic mass is 10.1. The smallest absolute Gasteiger partial charge is 0.233 e. The van der Waals surface area contributed by atoms with Crippen LogP contribution in [-0.2, 0) is 9.59 Å². The van der Waals surface area contributed by atoms with Crippen LogP contribution >= 0.6 is 0 Å². The molecule has 0 aliphatic carbocycles. The van der Waals surface area contributed by atoms with Gasteiger partial charge in [0.15, 0.2) is 0 Å². The number of carbonyl (C=O) groups excluding carboxylic acids is 2. The lowest BCUT2D eigenvalue weighted by molar-refractivity contribution is -0.125. The third kappa shape index (κ3) is 3.06. The largest absolute Gasteiger partial charge is 0.320 e. The van der Waals surface area contributed by atoms with E-state index in [0.29, 0.717) is 25.1 Å². The summed E-state index contributed by atoms with van der Waals surface area (Å²) >= 11 is 0. The number of nitrogens with two attached hydrogens (primary N) is 1. The van der Waals surface area contributed by atoms with Gasteiger partial charge in [-0.15, -0.1) is 0 Å². The fourth-order valence-electron chi connectivity index (χ4n) is 2.28. The SMILES string of the molecule is Cc1cc(N2C(=O)CCCCC2=O)ccc1C#CCN.